The van der Waals surface area contributed by atoms with Gasteiger partial charge in [-0.25, -0.2) is 17.6 Å². The van der Waals surface area contributed by atoms with Gasteiger partial charge >= 0.3 is 6.03 Å². The number of halogens is 1. The average molecular weight is 469 g/mol. The van der Waals surface area contributed by atoms with Crippen molar-refractivity contribution in [3.63, 3.8) is 0 Å². The fraction of sp³-hybridized carbons (Fsp3) is 0.0435. The first-order valence-corrected chi connectivity index (χ1v) is 11.2. The molecule has 3 amide bonds. The molecule has 0 unspecified atom stereocenters. The van der Waals surface area contributed by atoms with E-state index in [1.165, 1.54) is 42.5 Å². The standard InChI is InChI=1S/C23H21FN4O4S/c1-2-14-25-23(30)27-18-12-10-17(11-13-18)26-22(29)16-6-5-7-19(15-16)33(31,32)28-21-9-4-3-8-20(21)24/h2-13,15,28H,1,14H2,(H,26,29)(H2,25,27,30). The molecule has 0 radical (unpaired) electrons. The minimum absolute atomic E-state index is 0.0948. The molecule has 0 saturated heterocycles. The van der Waals surface area contributed by atoms with Gasteiger partial charge in [0.25, 0.3) is 15.9 Å². The fourth-order valence-electron chi connectivity index (χ4n) is 2.73. The molecule has 4 N–H and O–H groups in total. The van der Waals surface area contributed by atoms with Crippen LogP contribution in [0.2, 0.25) is 0 Å². The molecule has 0 aliphatic carbocycles. The molecule has 3 rings (SSSR count). The van der Waals surface area contributed by atoms with Gasteiger partial charge in [0, 0.05) is 23.5 Å². The second kappa shape index (κ2) is 10.4. The second-order valence-electron chi connectivity index (χ2n) is 6.77. The van der Waals surface area contributed by atoms with E-state index in [4.69, 9.17) is 0 Å². The Morgan fingerprint density at radius 2 is 1.58 bits per heavy atom. The van der Waals surface area contributed by atoms with Gasteiger partial charge in [-0.15, -0.1) is 6.58 Å². The van der Waals surface area contributed by atoms with Gasteiger partial charge in [0.1, 0.15) is 5.82 Å². The van der Waals surface area contributed by atoms with Crippen LogP contribution in [0.5, 0.6) is 0 Å². The number of rotatable bonds is 8. The van der Waals surface area contributed by atoms with Gasteiger partial charge in [-0.3, -0.25) is 9.52 Å². The highest BCUT2D eigenvalue weighted by Gasteiger charge is 2.18. The zero-order valence-corrected chi connectivity index (χ0v) is 18.2. The molecule has 0 aliphatic rings. The molecule has 8 nitrogen and oxygen atoms in total. The quantitative estimate of drug-likeness (QED) is 0.371. The molecule has 3 aromatic rings. The molecular weight excluding hydrogens is 447 g/mol. The van der Waals surface area contributed by atoms with E-state index in [0.29, 0.717) is 17.9 Å². The van der Waals surface area contributed by atoms with Crippen LogP contribution in [-0.2, 0) is 10.0 Å². The minimum Gasteiger partial charge on any atom is -0.334 e. The van der Waals surface area contributed by atoms with E-state index >= 15 is 0 Å². The lowest BCUT2D eigenvalue weighted by Crippen LogP contribution is -2.28. The molecule has 0 saturated carbocycles. The van der Waals surface area contributed by atoms with Gasteiger partial charge in [-0.05, 0) is 54.6 Å². The highest BCUT2D eigenvalue weighted by Crippen LogP contribution is 2.20. The zero-order chi connectivity index (χ0) is 23.8. The number of urea groups is 1. The van der Waals surface area contributed by atoms with Crippen molar-refractivity contribution in [1.29, 1.82) is 0 Å². The average Bonchev–Trinajstić information content (AvgIpc) is 2.80. The summed E-state index contributed by atoms with van der Waals surface area (Å²) in [6, 6.07) is 16.7. The van der Waals surface area contributed by atoms with Crippen LogP contribution in [0.25, 0.3) is 0 Å². The number of carbonyl (C=O) groups is 2. The van der Waals surface area contributed by atoms with Gasteiger partial charge in [0.15, 0.2) is 0 Å². The molecule has 3 aromatic carbocycles. The Hall–Kier alpha value is -4.18. The van der Waals surface area contributed by atoms with Crippen molar-refractivity contribution in [3.8, 4) is 0 Å². The summed E-state index contributed by atoms with van der Waals surface area (Å²) in [5.41, 5.74) is 0.855. The third-order valence-corrected chi connectivity index (χ3v) is 5.70. The summed E-state index contributed by atoms with van der Waals surface area (Å²) in [4.78, 5) is 24.1. The summed E-state index contributed by atoms with van der Waals surface area (Å²) in [7, 11) is -4.11. The number of carbonyl (C=O) groups excluding carboxylic acids is 2. The summed E-state index contributed by atoms with van der Waals surface area (Å²) < 4.78 is 41.2. The van der Waals surface area contributed by atoms with Crippen molar-refractivity contribution in [2.75, 3.05) is 21.9 Å². The zero-order valence-electron chi connectivity index (χ0n) is 17.3. The predicted molar refractivity (Wildman–Crippen MR) is 125 cm³/mol. The van der Waals surface area contributed by atoms with E-state index in [0.717, 1.165) is 6.07 Å². The Kier molecular flexibility index (Phi) is 7.42. The maximum atomic E-state index is 13.8. The van der Waals surface area contributed by atoms with Crippen LogP contribution in [0.1, 0.15) is 10.4 Å². The molecule has 170 valence electrons. The first-order chi connectivity index (χ1) is 15.8. The minimum atomic E-state index is -4.11. The number of amides is 3. The van der Waals surface area contributed by atoms with Crippen LogP contribution < -0.4 is 20.7 Å². The maximum absolute atomic E-state index is 13.8. The first kappa shape index (κ1) is 23.5. The third kappa shape index (κ3) is 6.40. The number of hydrogen-bond acceptors (Lipinski definition) is 4. The van der Waals surface area contributed by atoms with Crippen molar-refractivity contribution in [3.05, 3.63) is 96.8 Å². The lowest BCUT2D eigenvalue weighted by Gasteiger charge is -2.11. The van der Waals surface area contributed by atoms with E-state index in [1.807, 2.05) is 0 Å². The monoisotopic (exact) mass is 468 g/mol. The number of para-hydroxylation sites is 1. The van der Waals surface area contributed by atoms with Gasteiger partial charge in [0.2, 0.25) is 0 Å². The Morgan fingerprint density at radius 1 is 0.909 bits per heavy atom. The molecule has 0 aromatic heterocycles. The maximum Gasteiger partial charge on any atom is 0.319 e. The summed E-state index contributed by atoms with van der Waals surface area (Å²) in [6.07, 6.45) is 1.55. The molecule has 0 spiro atoms. The van der Waals surface area contributed by atoms with Gasteiger partial charge in [-0.1, -0.05) is 24.3 Å². The summed E-state index contributed by atoms with van der Waals surface area (Å²) in [5.74, 6) is -1.26. The molecule has 0 bridgehead atoms. The normalized spacial score (nSPS) is 10.7. The van der Waals surface area contributed by atoms with E-state index in [1.54, 1.807) is 30.3 Å². The number of sulfonamides is 1. The van der Waals surface area contributed by atoms with Crippen LogP contribution in [-0.4, -0.2) is 26.9 Å². The fourth-order valence-corrected chi connectivity index (χ4v) is 3.85. The Bertz CT molecular complexity index is 1280. The second-order valence-corrected chi connectivity index (χ2v) is 8.45. The molecule has 0 atom stereocenters. The molecule has 33 heavy (non-hydrogen) atoms. The number of nitrogens with one attached hydrogen (secondary N) is 4. The molecule has 0 fully saturated rings. The van der Waals surface area contributed by atoms with Crippen molar-refractivity contribution >= 4 is 39.0 Å². The molecule has 0 aliphatic heterocycles. The molecular formula is C23H21FN4O4S. The Morgan fingerprint density at radius 3 is 2.24 bits per heavy atom. The van der Waals surface area contributed by atoms with Crippen LogP contribution in [0.4, 0.5) is 26.2 Å². The first-order valence-electron chi connectivity index (χ1n) is 9.73. The van der Waals surface area contributed by atoms with Crippen LogP contribution in [0.15, 0.2) is 90.3 Å². The number of anilines is 3. The van der Waals surface area contributed by atoms with Crippen molar-refractivity contribution < 1.29 is 22.4 Å². The summed E-state index contributed by atoms with van der Waals surface area (Å²) in [5, 5.41) is 7.85. The van der Waals surface area contributed by atoms with E-state index in [9.17, 15) is 22.4 Å². The van der Waals surface area contributed by atoms with Crippen molar-refractivity contribution in [2.45, 2.75) is 4.90 Å². The van der Waals surface area contributed by atoms with Gasteiger partial charge < -0.3 is 16.0 Å². The predicted octanol–water partition coefficient (Wildman–Crippen LogP) is 4.19. The Labute approximate surface area is 190 Å². The Balaban J connectivity index is 1.69. The van der Waals surface area contributed by atoms with Gasteiger partial charge in [0.05, 0.1) is 10.6 Å². The highest BCUT2D eigenvalue weighted by atomic mass is 32.2. The highest BCUT2D eigenvalue weighted by molar-refractivity contribution is 7.92. The topological polar surface area (TPSA) is 116 Å². The van der Waals surface area contributed by atoms with Crippen LogP contribution >= 0.6 is 0 Å². The van der Waals surface area contributed by atoms with Gasteiger partial charge in [-0.2, -0.15) is 0 Å². The van der Waals surface area contributed by atoms with Crippen molar-refractivity contribution in [1.82, 2.24) is 5.32 Å². The number of hydrogen-bond donors (Lipinski definition) is 4. The summed E-state index contributed by atoms with van der Waals surface area (Å²) in [6.45, 7) is 3.83. The van der Waals surface area contributed by atoms with E-state index in [-0.39, 0.29) is 16.1 Å². The SMILES string of the molecule is C=CCNC(=O)Nc1ccc(NC(=O)c2cccc(S(=O)(=O)Nc3ccccc3F)c2)cc1. The molecule has 0 heterocycles. The lowest BCUT2D eigenvalue weighted by molar-refractivity contribution is 0.102. The van der Waals surface area contributed by atoms with Crippen LogP contribution in [0, 0.1) is 5.82 Å². The van der Waals surface area contributed by atoms with E-state index < -0.39 is 27.8 Å². The largest absolute Gasteiger partial charge is 0.334 e. The summed E-state index contributed by atoms with van der Waals surface area (Å²) >= 11 is 0. The van der Waals surface area contributed by atoms with Crippen molar-refractivity contribution in [2.24, 2.45) is 0 Å². The lowest BCUT2D eigenvalue weighted by atomic mass is 10.2. The van der Waals surface area contributed by atoms with Crippen LogP contribution in [0.3, 0.4) is 0 Å². The van der Waals surface area contributed by atoms with E-state index in [2.05, 4.69) is 27.3 Å². The third-order valence-electron chi connectivity index (χ3n) is 4.33. The smallest absolute Gasteiger partial charge is 0.319 e. The number of benzene rings is 3. The molecule has 10 heteroatoms.